The van der Waals surface area contributed by atoms with Gasteiger partial charge in [0.2, 0.25) is 5.78 Å². The van der Waals surface area contributed by atoms with Crippen molar-refractivity contribution in [1.29, 1.82) is 0 Å². The van der Waals surface area contributed by atoms with Gasteiger partial charge in [-0.2, -0.15) is 0 Å². The average molecular weight is 434 g/mol. The third-order valence-corrected chi connectivity index (χ3v) is 6.46. The lowest BCUT2D eigenvalue weighted by molar-refractivity contribution is 0.602. The van der Waals surface area contributed by atoms with Gasteiger partial charge in [-0.1, -0.05) is 54.1 Å². The monoisotopic (exact) mass is 433 g/mol. The highest BCUT2D eigenvalue weighted by Crippen LogP contribution is 2.33. The van der Waals surface area contributed by atoms with Crippen molar-refractivity contribution in [3.8, 4) is 22.5 Å². The number of hydrogen-bond acceptors (Lipinski definition) is 4. The Balaban J connectivity index is 1.81. The molecule has 30 heavy (non-hydrogen) atoms. The molecule has 0 N–H and O–H groups in total. The van der Waals surface area contributed by atoms with Crippen LogP contribution in [0.1, 0.15) is 0 Å². The van der Waals surface area contributed by atoms with E-state index in [9.17, 15) is 8.42 Å². The quantitative estimate of drug-likeness (QED) is 0.388. The molecule has 0 spiro atoms. The number of imidazole rings is 1. The summed E-state index contributed by atoms with van der Waals surface area (Å²) in [6.45, 7) is 0. The molecule has 0 aliphatic rings. The Morgan fingerprint density at radius 1 is 0.867 bits per heavy atom. The van der Waals surface area contributed by atoms with Gasteiger partial charge in [0.15, 0.2) is 9.84 Å². The van der Waals surface area contributed by atoms with Gasteiger partial charge in [0.1, 0.15) is 0 Å². The Hall–Kier alpha value is -3.22. The van der Waals surface area contributed by atoms with Crippen LogP contribution >= 0.6 is 11.6 Å². The molecule has 5 aromatic rings. The van der Waals surface area contributed by atoms with Crippen molar-refractivity contribution in [2.45, 2.75) is 4.90 Å². The molecule has 3 aromatic carbocycles. The first kappa shape index (κ1) is 18.8. The minimum atomic E-state index is -3.26. The summed E-state index contributed by atoms with van der Waals surface area (Å²) in [6, 6.07) is 24.1. The van der Waals surface area contributed by atoms with E-state index >= 15 is 0 Å². The molecule has 0 fully saturated rings. The SMILES string of the molecule is CS(=O)(=O)c1ccc(-c2cc(-c3ccccc3Cl)n3c(n2)nc2ccccc23)cc1. The van der Waals surface area contributed by atoms with Crippen LogP contribution in [0, 0.1) is 0 Å². The summed E-state index contributed by atoms with van der Waals surface area (Å²) in [5.41, 5.74) is 4.99. The molecular weight excluding hydrogens is 418 g/mol. The van der Waals surface area contributed by atoms with Crippen molar-refractivity contribution < 1.29 is 8.42 Å². The highest BCUT2D eigenvalue weighted by Gasteiger charge is 2.16. The molecule has 0 radical (unpaired) electrons. The molecule has 5 nitrogen and oxygen atoms in total. The van der Waals surface area contributed by atoms with Crippen LogP contribution in [0.2, 0.25) is 5.02 Å². The number of benzene rings is 3. The zero-order valence-electron chi connectivity index (χ0n) is 15.9. The van der Waals surface area contributed by atoms with Crippen LogP contribution in [-0.4, -0.2) is 29.0 Å². The first-order chi connectivity index (χ1) is 14.4. The molecule has 5 rings (SSSR count). The molecular formula is C23H16ClN3O2S. The Morgan fingerprint density at radius 2 is 1.57 bits per heavy atom. The highest BCUT2D eigenvalue weighted by molar-refractivity contribution is 7.90. The number of hydrogen-bond donors (Lipinski definition) is 0. The van der Waals surface area contributed by atoms with Gasteiger partial charge in [-0.3, -0.25) is 4.40 Å². The van der Waals surface area contributed by atoms with E-state index in [1.807, 2.05) is 59.0 Å². The smallest absolute Gasteiger partial charge is 0.235 e. The summed E-state index contributed by atoms with van der Waals surface area (Å²) in [5, 5.41) is 0.626. The average Bonchev–Trinajstić information content (AvgIpc) is 3.11. The van der Waals surface area contributed by atoms with E-state index < -0.39 is 9.84 Å². The number of nitrogens with zero attached hydrogens (tertiary/aromatic N) is 3. The lowest BCUT2D eigenvalue weighted by atomic mass is 10.1. The van der Waals surface area contributed by atoms with Crippen molar-refractivity contribution >= 4 is 38.2 Å². The second-order valence-electron chi connectivity index (χ2n) is 7.04. The van der Waals surface area contributed by atoms with Crippen LogP contribution in [-0.2, 0) is 9.84 Å². The van der Waals surface area contributed by atoms with E-state index in [1.54, 1.807) is 24.3 Å². The van der Waals surface area contributed by atoms with Gasteiger partial charge >= 0.3 is 0 Å². The van der Waals surface area contributed by atoms with Gasteiger partial charge in [0.25, 0.3) is 0 Å². The summed E-state index contributed by atoms with van der Waals surface area (Å²) < 4.78 is 25.6. The Morgan fingerprint density at radius 3 is 2.30 bits per heavy atom. The van der Waals surface area contributed by atoms with E-state index in [0.29, 0.717) is 16.5 Å². The number of rotatable bonds is 3. The molecule has 0 aliphatic heterocycles. The molecule has 0 atom stereocenters. The van der Waals surface area contributed by atoms with Crippen LogP contribution in [0.15, 0.2) is 83.8 Å². The van der Waals surface area contributed by atoms with Gasteiger partial charge in [-0.15, -0.1) is 0 Å². The van der Waals surface area contributed by atoms with Crippen LogP contribution in [0.3, 0.4) is 0 Å². The van der Waals surface area contributed by atoms with Gasteiger partial charge in [-0.05, 0) is 36.4 Å². The van der Waals surface area contributed by atoms with Gasteiger partial charge in [0, 0.05) is 22.4 Å². The summed E-state index contributed by atoms with van der Waals surface area (Å²) >= 11 is 6.53. The van der Waals surface area contributed by atoms with Crippen molar-refractivity contribution in [2.75, 3.05) is 6.26 Å². The van der Waals surface area contributed by atoms with Crippen molar-refractivity contribution in [2.24, 2.45) is 0 Å². The fourth-order valence-electron chi connectivity index (χ4n) is 3.55. The summed E-state index contributed by atoms with van der Waals surface area (Å²) in [7, 11) is -3.26. The molecule has 148 valence electrons. The molecule has 0 saturated carbocycles. The lowest BCUT2D eigenvalue weighted by Crippen LogP contribution is -1.99. The van der Waals surface area contributed by atoms with Crippen molar-refractivity contribution in [3.05, 3.63) is 83.9 Å². The maximum absolute atomic E-state index is 11.8. The van der Waals surface area contributed by atoms with E-state index in [-0.39, 0.29) is 4.90 Å². The Bertz CT molecular complexity index is 1520. The number of sulfone groups is 1. The fourth-order valence-corrected chi connectivity index (χ4v) is 4.41. The van der Waals surface area contributed by atoms with Crippen LogP contribution in [0.25, 0.3) is 39.3 Å². The number of fused-ring (bicyclic) bond motifs is 3. The fraction of sp³-hybridized carbons (Fsp3) is 0.0435. The first-order valence-electron chi connectivity index (χ1n) is 9.25. The second-order valence-corrected chi connectivity index (χ2v) is 9.46. The van der Waals surface area contributed by atoms with E-state index in [0.717, 1.165) is 27.9 Å². The van der Waals surface area contributed by atoms with E-state index in [4.69, 9.17) is 16.6 Å². The largest absolute Gasteiger partial charge is 0.276 e. The maximum Gasteiger partial charge on any atom is 0.235 e. The number of halogens is 1. The third kappa shape index (κ3) is 3.14. The van der Waals surface area contributed by atoms with E-state index in [2.05, 4.69) is 4.98 Å². The molecule has 7 heteroatoms. The predicted molar refractivity (Wildman–Crippen MR) is 119 cm³/mol. The third-order valence-electron chi connectivity index (χ3n) is 5.01. The minimum Gasteiger partial charge on any atom is -0.276 e. The molecule has 0 amide bonds. The van der Waals surface area contributed by atoms with Crippen molar-refractivity contribution in [3.63, 3.8) is 0 Å². The zero-order valence-corrected chi connectivity index (χ0v) is 17.5. The van der Waals surface area contributed by atoms with Gasteiger partial charge in [-0.25, -0.2) is 18.4 Å². The number of aromatic nitrogens is 3. The van der Waals surface area contributed by atoms with Crippen LogP contribution < -0.4 is 0 Å². The Labute approximate surface area is 178 Å². The van der Waals surface area contributed by atoms with Gasteiger partial charge < -0.3 is 0 Å². The minimum absolute atomic E-state index is 0.269. The zero-order chi connectivity index (χ0) is 20.9. The molecule has 2 heterocycles. The normalized spacial score (nSPS) is 11.9. The van der Waals surface area contributed by atoms with Crippen LogP contribution in [0.5, 0.6) is 0 Å². The topological polar surface area (TPSA) is 64.3 Å². The van der Waals surface area contributed by atoms with Crippen LogP contribution in [0.4, 0.5) is 0 Å². The lowest BCUT2D eigenvalue weighted by Gasteiger charge is -2.11. The molecule has 0 bridgehead atoms. The molecule has 0 unspecified atom stereocenters. The van der Waals surface area contributed by atoms with Gasteiger partial charge in [0.05, 0.1) is 27.3 Å². The predicted octanol–water partition coefficient (Wildman–Crippen LogP) is 5.27. The molecule has 0 aliphatic carbocycles. The summed E-state index contributed by atoms with van der Waals surface area (Å²) in [4.78, 5) is 9.71. The summed E-state index contributed by atoms with van der Waals surface area (Å²) in [5.74, 6) is 0.552. The molecule has 0 saturated heterocycles. The second kappa shape index (κ2) is 6.93. The summed E-state index contributed by atoms with van der Waals surface area (Å²) in [6.07, 6.45) is 1.19. The maximum atomic E-state index is 11.8. The van der Waals surface area contributed by atoms with Crippen molar-refractivity contribution in [1.82, 2.24) is 14.4 Å². The number of para-hydroxylation sites is 2. The highest BCUT2D eigenvalue weighted by atomic mass is 35.5. The Kier molecular flexibility index (Phi) is 4.34. The standard InChI is InChI=1S/C23H16ClN3O2S/c1-30(28,29)16-12-10-15(11-13-16)20-14-22(17-6-2-3-7-18(17)24)27-21-9-5-4-8-19(21)25-23(27)26-20/h2-14H,1H3. The first-order valence-corrected chi connectivity index (χ1v) is 11.5. The van der Waals surface area contributed by atoms with E-state index in [1.165, 1.54) is 6.26 Å². The molecule has 2 aromatic heterocycles.